The van der Waals surface area contributed by atoms with Crippen LogP contribution in [0.3, 0.4) is 0 Å². The van der Waals surface area contributed by atoms with Crippen molar-refractivity contribution < 1.29 is 27.2 Å². The number of nitrogens with one attached hydrogen (secondary N) is 2. The molecule has 2 aliphatic heterocycles. The fraction of sp³-hybridized carbons (Fsp3) is 0.556. The quantitative estimate of drug-likeness (QED) is 0.226. The fourth-order valence-electron chi connectivity index (χ4n) is 4.08. The van der Waals surface area contributed by atoms with E-state index in [0.717, 1.165) is 32.2 Å². The first-order valence-electron chi connectivity index (χ1n) is 9.57. The molecule has 5 N–H and O–H groups in total. The molecule has 12 heteroatoms. The van der Waals surface area contributed by atoms with Gasteiger partial charge in [0.2, 0.25) is 0 Å². The molecule has 0 radical (unpaired) electrons. The maximum atomic E-state index is 14.7. The number of nitrogens with zero attached hydrogens (tertiary/aromatic N) is 2. The molecule has 0 saturated carbocycles. The number of likely N-dealkylation sites (tertiary alicyclic amines) is 1. The number of benzene rings is 1. The molecular weight excluding hydrogens is 420 g/mol. The summed E-state index contributed by atoms with van der Waals surface area (Å²) in [7, 11) is -3.99. The number of nitrogens with two attached hydrogens (primary N) is 1. The molecule has 0 unspecified atom stereocenters. The Morgan fingerprint density at radius 2 is 2.00 bits per heavy atom. The number of halogens is 2. The van der Waals surface area contributed by atoms with Crippen molar-refractivity contribution in [3.05, 3.63) is 23.8 Å². The first-order chi connectivity index (χ1) is 14.1. The van der Waals surface area contributed by atoms with E-state index in [1.165, 1.54) is 0 Å². The van der Waals surface area contributed by atoms with Gasteiger partial charge in [0, 0.05) is 24.9 Å². The van der Waals surface area contributed by atoms with Crippen LogP contribution in [0.1, 0.15) is 25.7 Å². The highest BCUT2D eigenvalue weighted by Crippen LogP contribution is 2.33. The van der Waals surface area contributed by atoms with Gasteiger partial charge in [0.1, 0.15) is 16.5 Å². The van der Waals surface area contributed by atoms with Crippen LogP contribution in [0, 0.1) is 11.6 Å². The summed E-state index contributed by atoms with van der Waals surface area (Å²) in [5.74, 6) is -3.22. The van der Waals surface area contributed by atoms with E-state index in [1.54, 1.807) is 4.90 Å². The molecule has 1 aromatic rings. The molecule has 2 fully saturated rings. The van der Waals surface area contributed by atoms with E-state index < -0.39 is 49.3 Å². The molecule has 0 spiro atoms. The van der Waals surface area contributed by atoms with Crippen molar-refractivity contribution in [2.75, 3.05) is 31.2 Å². The highest BCUT2D eigenvalue weighted by molar-refractivity contribution is 7.90. The third-order valence-corrected chi connectivity index (χ3v) is 6.75. The molecule has 2 saturated heterocycles. The number of anilines is 1. The summed E-state index contributed by atoms with van der Waals surface area (Å²) in [6.45, 7) is 1.95. The maximum Gasteiger partial charge on any atom is 0.256 e. The number of rotatable bonds is 5. The number of amides is 1. The van der Waals surface area contributed by atoms with Crippen LogP contribution in [-0.4, -0.2) is 67.7 Å². The Balaban J connectivity index is 2.00. The minimum absolute atomic E-state index is 0.0547. The molecule has 1 atom stereocenters. The zero-order chi connectivity index (χ0) is 22.1. The predicted octanol–water partition coefficient (Wildman–Crippen LogP) is 0.640. The summed E-state index contributed by atoms with van der Waals surface area (Å²) < 4.78 is 52.3. The van der Waals surface area contributed by atoms with Gasteiger partial charge < -0.3 is 26.5 Å². The van der Waals surface area contributed by atoms with Crippen LogP contribution in [0.2, 0.25) is 0 Å². The molecule has 0 aliphatic carbocycles. The van der Waals surface area contributed by atoms with Crippen LogP contribution in [0.4, 0.5) is 14.5 Å². The molecule has 2 heterocycles. The summed E-state index contributed by atoms with van der Waals surface area (Å²) >= 11 is 0. The zero-order valence-electron chi connectivity index (χ0n) is 16.5. The topological polar surface area (TPSA) is 137 Å². The number of oxime groups is 1. The standard InChI is InChI=1S/C18H25F2N5O4S/c1-30(28,29)15-10-12(19)14(9-13(15)20)23-18(16(21)24-27)5-2-8-25(17(18)26)11-3-6-22-7-4-11/h9-11,22-23,27H,2-8H2,1H3,(H2,21,24)/t18-/m0/s1. The summed E-state index contributed by atoms with van der Waals surface area (Å²) in [5, 5.41) is 18.1. The molecule has 1 amide bonds. The highest BCUT2D eigenvalue weighted by Gasteiger charge is 2.50. The number of hydrogen-bond donors (Lipinski definition) is 4. The number of carbonyl (C=O) groups excluding carboxylic acids is 1. The minimum Gasteiger partial charge on any atom is -0.409 e. The normalized spacial score (nSPS) is 24.2. The van der Waals surface area contributed by atoms with E-state index >= 15 is 0 Å². The van der Waals surface area contributed by atoms with Gasteiger partial charge in [-0.05, 0) is 44.8 Å². The second-order valence-corrected chi connectivity index (χ2v) is 9.62. The van der Waals surface area contributed by atoms with Crippen LogP contribution in [0.5, 0.6) is 0 Å². The van der Waals surface area contributed by atoms with Gasteiger partial charge in [-0.3, -0.25) is 4.79 Å². The van der Waals surface area contributed by atoms with E-state index in [9.17, 15) is 27.2 Å². The van der Waals surface area contributed by atoms with Crippen LogP contribution >= 0.6 is 0 Å². The van der Waals surface area contributed by atoms with Crippen LogP contribution in [0.15, 0.2) is 22.2 Å². The van der Waals surface area contributed by atoms with Gasteiger partial charge in [0.05, 0.1) is 5.69 Å². The highest BCUT2D eigenvalue weighted by atomic mass is 32.2. The molecule has 0 aromatic heterocycles. The van der Waals surface area contributed by atoms with E-state index in [4.69, 9.17) is 5.73 Å². The lowest BCUT2D eigenvalue weighted by molar-refractivity contribution is -0.139. The predicted molar refractivity (Wildman–Crippen MR) is 106 cm³/mol. The smallest absolute Gasteiger partial charge is 0.256 e. The van der Waals surface area contributed by atoms with E-state index in [-0.39, 0.29) is 12.5 Å². The Labute approximate surface area is 173 Å². The van der Waals surface area contributed by atoms with Crippen molar-refractivity contribution in [3.63, 3.8) is 0 Å². The van der Waals surface area contributed by atoms with Gasteiger partial charge in [-0.2, -0.15) is 0 Å². The van der Waals surface area contributed by atoms with Crippen molar-refractivity contribution in [3.8, 4) is 0 Å². The first-order valence-corrected chi connectivity index (χ1v) is 11.5. The lowest BCUT2D eigenvalue weighted by Gasteiger charge is -2.45. The molecule has 0 bridgehead atoms. The number of sulfone groups is 1. The van der Waals surface area contributed by atoms with Crippen LogP contribution in [0.25, 0.3) is 0 Å². The van der Waals surface area contributed by atoms with Crippen LogP contribution < -0.4 is 16.4 Å². The third-order valence-electron chi connectivity index (χ3n) is 5.64. The van der Waals surface area contributed by atoms with E-state index in [0.29, 0.717) is 25.1 Å². The molecule has 30 heavy (non-hydrogen) atoms. The number of amidine groups is 1. The van der Waals surface area contributed by atoms with Crippen molar-refractivity contribution in [1.82, 2.24) is 10.2 Å². The Morgan fingerprint density at radius 3 is 2.60 bits per heavy atom. The van der Waals surface area contributed by atoms with Crippen molar-refractivity contribution in [2.24, 2.45) is 10.9 Å². The lowest BCUT2D eigenvalue weighted by Crippen LogP contribution is -2.66. The molecule has 3 rings (SSSR count). The summed E-state index contributed by atoms with van der Waals surface area (Å²) in [6, 6.07) is 1.15. The van der Waals surface area contributed by atoms with Gasteiger partial charge in [-0.1, -0.05) is 5.16 Å². The van der Waals surface area contributed by atoms with E-state index in [1.807, 2.05) is 0 Å². The van der Waals surface area contributed by atoms with Crippen molar-refractivity contribution >= 4 is 27.3 Å². The zero-order valence-corrected chi connectivity index (χ0v) is 17.3. The molecule has 166 valence electrons. The molecule has 2 aliphatic rings. The molecule has 1 aromatic carbocycles. The monoisotopic (exact) mass is 445 g/mol. The van der Waals surface area contributed by atoms with Gasteiger partial charge in [-0.15, -0.1) is 0 Å². The summed E-state index contributed by atoms with van der Waals surface area (Å²) in [6.07, 6.45) is 2.80. The van der Waals surface area contributed by atoms with Gasteiger partial charge in [0.15, 0.2) is 21.2 Å². The second kappa shape index (κ2) is 8.34. The Kier molecular flexibility index (Phi) is 6.18. The van der Waals surface area contributed by atoms with Crippen LogP contribution in [-0.2, 0) is 14.6 Å². The van der Waals surface area contributed by atoms with Gasteiger partial charge >= 0.3 is 0 Å². The maximum absolute atomic E-state index is 14.7. The average molecular weight is 445 g/mol. The Bertz CT molecular complexity index is 966. The summed E-state index contributed by atoms with van der Waals surface area (Å²) in [4.78, 5) is 14.3. The SMILES string of the molecule is CS(=O)(=O)c1cc(F)c(N[C@]2(C(N)=NO)CCCN(C3CCNCC3)C2=O)cc1F. The Morgan fingerprint density at radius 1 is 1.33 bits per heavy atom. The first kappa shape index (κ1) is 22.2. The fourth-order valence-corrected chi connectivity index (χ4v) is 4.81. The number of carbonyl (C=O) groups is 1. The molecule has 9 nitrogen and oxygen atoms in total. The second-order valence-electron chi connectivity index (χ2n) is 7.63. The Hall–Kier alpha value is -2.47. The number of piperidine rings is 2. The summed E-state index contributed by atoms with van der Waals surface area (Å²) in [5.41, 5.74) is 3.63. The minimum atomic E-state index is -3.99. The van der Waals surface area contributed by atoms with Crippen molar-refractivity contribution in [2.45, 2.75) is 42.2 Å². The van der Waals surface area contributed by atoms with Gasteiger partial charge in [-0.25, -0.2) is 17.2 Å². The van der Waals surface area contributed by atoms with E-state index in [2.05, 4.69) is 15.8 Å². The largest absolute Gasteiger partial charge is 0.409 e. The van der Waals surface area contributed by atoms with Crippen molar-refractivity contribution in [1.29, 1.82) is 0 Å². The van der Waals surface area contributed by atoms with Gasteiger partial charge in [0.25, 0.3) is 5.91 Å². The number of hydrogen-bond acceptors (Lipinski definition) is 7. The third kappa shape index (κ3) is 4.06. The molecular formula is C18H25F2N5O4S. The average Bonchev–Trinajstić information content (AvgIpc) is 2.71. The lowest BCUT2D eigenvalue weighted by atomic mass is 9.84.